The molecule has 0 amide bonds. The summed E-state index contributed by atoms with van der Waals surface area (Å²) in [5.41, 5.74) is 7.97. The Morgan fingerprint density at radius 2 is 0.559 bits per heavy atom. The summed E-state index contributed by atoms with van der Waals surface area (Å²) in [6.07, 6.45) is 0. The van der Waals surface area contributed by atoms with Gasteiger partial charge >= 0.3 is 0 Å². The second kappa shape index (κ2) is 18.4. The van der Waals surface area contributed by atoms with Crippen LogP contribution in [0.15, 0.2) is 170 Å². The Morgan fingerprint density at radius 1 is 0.353 bits per heavy atom. The molecule has 8 bridgehead atoms. The maximum Gasteiger partial charge on any atom is 0.159 e. The number of H-pyrrole nitrogens is 4. The molecule has 0 saturated heterocycles. The fourth-order valence-electron chi connectivity index (χ4n) is 9.73. The fraction of sp³-hybridized carbons (Fsp3) is 0.175. The zero-order chi connectivity index (χ0) is 48.6. The first-order chi connectivity index (χ1) is 32.5. The molecule has 4 aromatic heterocycles. The van der Waals surface area contributed by atoms with Crippen molar-refractivity contribution < 1.29 is 30.3 Å². The maximum atomic E-state index is 10.8. The van der Waals surface area contributed by atoms with Gasteiger partial charge in [0, 0.05) is 51.1 Å². The lowest BCUT2D eigenvalue weighted by Crippen LogP contribution is -2.32. The predicted octanol–water partition coefficient (Wildman–Crippen LogP) is 12.2. The number of halogens is 1. The van der Waals surface area contributed by atoms with Gasteiger partial charge < -0.3 is 45.5 Å². The van der Waals surface area contributed by atoms with Crippen LogP contribution in [0.1, 0.15) is 113 Å². The molecule has 10 rings (SSSR count). The zero-order valence-electron chi connectivity index (χ0n) is 38.7. The molecule has 5 aromatic carbocycles. The van der Waals surface area contributed by atoms with E-state index in [0.29, 0.717) is 5.56 Å². The average Bonchev–Trinajstić information content (AvgIpc) is 4.20. The molecule has 0 radical (unpaired) electrons. The lowest BCUT2D eigenvalue weighted by molar-refractivity contribution is 0.101. The van der Waals surface area contributed by atoms with E-state index in [0.717, 1.165) is 67.8 Å². The van der Waals surface area contributed by atoms with Gasteiger partial charge in [0.2, 0.25) is 0 Å². The van der Waals surface area contributed by atoms with Crippen molar-refractivity contribution in [2.24, 2.45) is 0 Å². The number of aromatic nitrogens is 4. The van der Waals surface area contributed by atoms with Crippen LogP contribution in [-0.2, 0) is 21.7 Å². The van der Waals surface area contributed by atoms with Crippen LogP contribution in [0.25, 0.3) is 0 Å². The van der Waals surface area contributed by atoms with Crippen molar-refractivity contribution in [3.63, 3.8) is 0 Å². The lowest BCUT2D eigenvalue weighted by atomic mass is 9.76. The minimum Gasteiger partial charge on any atom is -0.508 e. The monoisotopic (exact) mass is 1020 g/mol. The summed E-state index contributed by atoms with van der Waals surface area (Å²) in [5, 5.41) is 52.2. The highest BCUT2D eigenvalue weighted by Gasteiger charge is 2.44. The summed E-state index contributed by atoms with van der Waals surface area (Å²) in [6.45, 7) is 10.1. The van der Waals surface area contributed by atoms with Crippen LogP contribution >= 0.6 is 22.6 Å². The molecule has 11 heteroatoms. The van der Waals surface area contributed by atoms with E-state index in [1.54, 1.807) is 60.7 Å². The standard InChI is InChI=1S/C48H44N4O4.C8H8O2.CH3I/c1-45(29-9-5-13-33(53)25-29)37-17-19-39(49-37)46(2,30-10-6-14-34(54)26-30)41-21-23-43(51-41)48(4,32-12-8-16-36(56)28-32)44-24-22-42(52-44)47(3,40-20-18-38(45)50-40)31-11-7-15-35(55)27-31;1-6(9)7-3-2-4-8(10)5-7;1-2/h5-28,49-56H,1-4H3;2-5,10H,1H3;1H3. The Hall–Kier alpha value is -7.38. The molecule has 0 fully saturated rings. The molecule has 0 spiro atoms. The summed E-state index contributed by atoms with van der Waals surface area (Å²) in [6, 6.07) is 52.6. The van der Waals surface area contributed by atoms with Crippen molar-refractivity contribution in [3.05, 3.63) is 243 Å². The van der Waals surface area contributed by atoms with Gasteiger partial charge in [-0.3, -0.25) is 4.79 Å². The van der Waals surface area contributed by atoms with Crippen LogP contribution < -0.4 is 0 Å². The van der Waals surface area contributed by atoms with Crippen molar-refractivity contribution in [1.82, 2.24) is 19.9 Å². The smallest absolute Gasteiger partial charge is 0.159 e. The molecule has 0 saturated carbocycles. The summed E-state index contributed by atoms with van der Waals surface area (Å²) in [7, 11) is 0. The number of Topliss-reactive ketones (excluding diaryl/α,β-unsaturated/α-hetero) is 1. The molecule has 9 aromatic rings. The van der Waals surface area contributed by atoms with Gasteiger partial charge in [-0.15, -0.1) is 0 Å². The number of carbonyl (C=O) groups is 1. The summed E-state index contributed by atoms with van der Waals surface area (Å²) < 4.78 is 0. The van der Waals surface area contributed by atoms with Gasteiger partial charge in [-0.2, -0.15) is 0 Å². The number of hydrogen-bond acceptors (Lipinski definition) is 6. The van der Waals surface area contributed by atoms with E-state index in [-0.39, 0.29) is 34.5 Å². The number of alkyl halides is 1. The number of rotatable bonds is 5. The van der Waals surface area contributed by atoms with Crippen LogP contribution in [0, 0.1) is 0 Å². The predicted molar refractivity (Wildman–Crippen MR) is 276 cm³/mol. The number of benzene rings is 5. The SMILES string of the molecule is CC(=O)c1cccc(O)c1.CC1(c2cccc(O)c2)c2ccc([nH]2)C(C)(c2cccc(O)c2)c2ccc([nH]2)C(C)(c2cccc(O)c2)c2ccc([nH]2)C(C)(c2cccc(O)c2)c2ccc1[nH]2.CI. The molecule has 1 aliphatic rings. The second-order valence-electron chi connectivity index (χ2n) is 18.0. The summed E-state index contributed by atoms with van der Waals surface area (Å²) in [4.78, 5) is 28.1. The van der Waals surface area contributed by atoms with Gasteiger partial charge in [0.15, 0.2) is 5.78 Å². The van der Waals surface area contributed by atoms with Crippen molar-refractivity contribution in [3.8, 4) is 28.7 Å². The molecule has 10 nitrogen and oxygen atoms in total. The quantitative estimate of drug-likeness (QED) is 0.0470. The number of phenolic OH excluding ortho intramolecular Hbond substituents is 5. The Bertz CT molecular complexity index is 2800. The second-order valence-corrected chi connectivity index (χ2v) is 18.0. The Labute approximate surface area is 409 Å². The number of fused-ring (bicyclic) bond motifs is 8. The highest BCUT2D eigenvalue weighted by atomic mass is 127. The minimum absolute atomic E-state index is 0.0316. The fourth-order valence-corrected chi connectivity index (χ4v) is 9.73. The van der Waals surface area contributed by atoms with Gasteiger partial charge in [-0.05, 0) is 171 Å². The van der Waals surface area contributed by atoms with Gasteiger partial charge in [0.25, 0.3) is 0 Å². The largest absolute Gasteiger partial charge is 0.508 e. The van der Waals surface area contributed by atoms with Crippen molar-refractivity contribution in [1.29, 1.82) is 0 Å². The molecule has 0 aliphatic carbocycles. The van der Waals surface area contributed by atoms with Crippen LogP contribution in [0.3, 0.4) is 0 Å². The van der Waals surface area contributed by atoms with E-state index < -0.39 is 21.7 Å². The van der Waals surface area contributed by atoms with Crippen LogP contribution in [0.4, 0.5) is 0 Å². The highest BCUT2D eigenvalue weighted by molar-refractivity contribution is 14.1. The number of aromatic hydroxyl groups is 5. The first-order valence-electron chi connectivity index (χ1n) is 22.2. The molecule has 1 aliphatic heterocycles. The summed E-state index contributed by atoms with van der Waals surface area (Å²) >= 11 is 2.15. The molecule has 9 N–H and O–H groups in total. The first kappa shape index (κ1) is 47.1. The van der Waals surface area contributed by atoms with E-state index in [1.807, 2.05) is 53.5 Å². The third-order valence-corrected chi connectivity index (χ3v) is 14.0. The van der Waals surface area contributed by atoms with Gasteiger partial charge in [-0.25, -0.2) is 0 Å². The Morgan fingerprint density at radius 3 is 0.735 bits per heavy atom. The third-order valence-electron chi connectivity index (χ3n) is 14.0. The number of phenols is 5. The number of ketones is 1. The zero-order valence-corrected chi connectivity index (χ0v) is 40.8. The van der Waals surface area contributed by atoms with E-state index in [2.05, 4.69) is 119 Å². The normalized spacial score (nSPS) is 20.6. The number of nitrogens with one attached hydrogen (secondary N) is 4. The number of carbonyl (C=O) groups excluding carboxylic acids is 1. The van der Waals surface area contributed by atoms with E-state index in [9.17, 15) is 25.2 Å². The van der Waals surface area contributed by atoms with E-state index >= 15 is 0 Å². The molecular weight excluding hydrogens is 964 g/mol. The van der Waals surface area contributed by atoms with E-state index in [1.165, 1.54) is 19.1 Å². The van der Waals surface area contributed by atoms with Crippen molar-refractivity contribution in [2.75, 3.05) is 4.93 Å². The number of hydrogen-bond donors (Lipinski definition) is 9. The lowest BCUT2D eigenvalue weighted by Gasteiger charge is -2.34. The van der Waals surface area contributed by atoms with Crippen molar-refractivity contribution >= 4 is 28.4 Å². The van der Waals surface area contributed by atoms with Crippen molar-refractivity contribution in [2.45, 2.75) is 56.3 Å². The van der Waals surface area contributed by atoms with Gasteiger partial charge in [-0.1, -0.05) is 83.3 Å². The van der Waals surface area contributed by atoms with E-state index in [4.69, 9.17) is 5.11 Å². The average molecular weight is 1020 g/mol. The van der Waals surface area contributed by atoms with Gasteiger partial charge in [0.1, 0.15) is 28.7 Å². The number of aromatic amines is 4. The molecular formula is C57H55IN4O6. The highest BCUT2D eigenvalue weighted by Crippen LogP contribution is 2.48. The molecule has 0 atom stereocenters. The van der Waals surface area contributed by atoms with Crippen LogP contribution in [0.5, 0.6) is 28.7 Å². The molecule has 5 heterocycles. The first-order valence-corrected chi connectivity index (χ1v) is 24.4. The Balaban J connectivity index is 0.000000460. The minimum atomic E-state index is -0.804. The molecule has 346 valence electrons. The molecule has 68 heavy (non-hydrogen) atoms. The topological polar surface area (TPSA) is 181 Å². The third kappa shape index (κ3) is 8.14. The summed E-state index contributed by atoms with van der Waals surface area (Å²) in [5.74, 6) is 0.753. The van der Waals surface area contributed by atoms with Crippen LogP contribution in [-0.4, -0.2) is 56.2 Å². The van der Waals surface area contributed by atoms with Gasteiger partial charge in [0.05, 0.1) is 21.7 Å². The Kier molecular flexibility index (Phi) is 12.7. The molecule has 0 unspecified atom stereocenters. The maximum absolute atomic E-state index is 10.8. The van der Waals surface area contributed by atoms with Crippen LogP contribution in [0.2, 0.25) is 0 Å².